The predicted octanol–water partition coefficient (Wildman–Crippen LogP) is 5.27. The molecule has 0 spiro atoms. The van der Waals surface area contributed by atoms with Crippen LogP contribution in [-0.4, -0.2) is 11.9 Å². The normalized spacial score (nSPS) is 10.8. The number of azo groups is 1. The van der Waals surface area contributed by atoms with Crippen molar-refractivity contribution >= 4 is 27.3 Å². The molecule has 0 amide bonds. The quantitative estimate of drug-likeness (QED) is 0.406. The first-order valence-corrected chi connectivity index (χ1v) is 7.26. The summed E-state index contributed by atoms with van der Waals surface area (Å²) in [6.07, 6.45) is 0.996. The molecular weight excluding hydrogens is 304 g/mol. The summed E-state index contributed by atoms with van der Waals surface area (Å²) in [5, 5.41) is 9.29. The Labute approximate surface area is 121 Å². The monoisotopic (exact) mass is 318 g/mol. The summed E-state index contributed by atoms with van der Waals surface area (Å²) in [6, 6.07) is 17.3. The van der Waals surface area contributed by atoms with Crippen LogP contribution < -0.4 is 4.74 Å². The lowest BCUT2D eigenvalue weighted by atomic mass is 10.3. The van der Waals surface area contributed by atoms with E-state index in [9.17, 15) is 0 Å². The number of hydrogen-bond donors (Lipinski definition) is 0. The van der Waals surface area contributed by atoms with Gasteiger partial charge < -0.3 is 4.74 Å². The maximum Gasteiger partial charge on any atom is 0.119 e. The van der Waals surface area contributed by atoms with Crippen LogP contribution in [0, 0.1) is 0 Å². The highest BCUT2D eigenvalue weighted by Gasteiger charge is 1.94. The fraction of sp³-hybridized carbons (Fsp3) is 0.200. The molecule has 2 rings (SSSR count). The Balaban J connectivity index is 1.93. The zero-order valence-corrected chi connectivity index (χ0v) is 12.1. The van der Waals surface area contributed by atoms with Crippen LogP contribution in [0.15, 0.2) is 64.8 Å². The average Bonchev–Trinajstić information content (AvgIpc) is 2.48. The van der Waals surface area contributed by atoms with Gasteiger partial charge in [0.2, 0.25) is 0 Å². The van der Waals surface area contributed by atoms with Crippen LogP contribution in [0.1, 0.15) is 6.42 Å². The zero-order valence-electron chi connectivity index (χ0n) is 10.5. The van der Waals surface area contributed by atoms with Gasteiger partial charge in [-0.3, -0.25) is 0 Å². The molecule has 0 atom stereocenters. The minimum atomic E-state index is 0.718. The lowest BCUT2D eigenvalue weighted by molar-refractivity contribution is 0.319. The summed E-state index contributed by atoms with van der Waals surface area (Å²) >= 11 is 3.37. The molecular formula is C15H15BrN2O. The van der Waals surface area contributed by atoms with Crippen molar-refractivity contribution in [3.63, 3.8) is 0 Å². The highest BCUT2D eigenvalue weighted by Crippen LogP contribution is 2.21. The summed E-state index contributed by atoms with van der Waals surface area (Å²) in [7, 11) is 0. The van der Waals surface area contributed by atoms with Crippen molar-refractivity contribution in [1.82, 2.24) is 0 Å². The first kappa shape index (κ1) is 13.7. The number of ether oxygens (including phenoxy) is 1. The number of benzene rings is 2. The van der Waals surface area contributed by atoms with Crippen molar-refractivity contribution in [3.8, 4) is 5.75 Å². The molecule has 3 nitrogen and oxygen atoms in total. The van der Waals surface area contributed by atoms with Gasteiger partial charge in [0.05, 0.1) is 18.0 Å². The number of halogens is 1. The van der Waals surface area contributed by atoms with E-state index in [1.54, 1.807) is 0 Å². The molecule has 2 aromatic carbocycles. The van der Waals surface area contributed by atoms with E-state index in [1.165, 1.54) is 0 Å². The molecule has 0 bridgehead atoms. The molecule has 2 aromatic rings. The van der Waals surface area contributed by atoms with E-state index >= 15 is 0 Å². The van der Waals surface area contributed by atoms with E-state index in [4.69, 9.17) is 4.74 Å². The second-order valence-corrected chi connectivity index (χ2v) is 4.71. The molecule has 98 valence electrons. The van der Waals surface area contributed by atoms with E-state index in [-0.39, 0.29) is 0 Å². The Bertz CT molecular complexity index is 511. The van der Waals surface area contributed by atoms with Gasteiger partial charge >= 0.3 is 0 Å². The Hall–Kier alpha value is -1.68. The van der Waals surface area contributed by atoms with Crippen LogP contribution in [0.25, 0.3) is 0 Å². The maximum atomic E-state index is 5.56. The van der Waals surface area contributed by atoms with Crippen molar-refractivity contribution in [1.29, 1.82) is 0 Å². The first-order chi connectivity index (χ1) is 9.38. The van der Waals surface area contributed by atoms with Crippen molar-refractivity contribution in [2.45, 2.75) is 6.42 Å². The van der Waals surface area contributed by atoms with Gasteiger partial charge in [-0.2, -0.15) is 10.2 Å². The molecule has 0 radical (unpaired) electrons. The van der Waals surface area contributed by atoms with E-state index < -0.39 is 0 Å². The third-order valence-electron chi connectivity index (χ3n) is 2.42. The van der Waals surface area contributed by atoms with Gasteiger partial charge in [-0.05, 0) is 42.8 Å². The van der Waals surface area contributed by atoms with Crippen molar-refractivity contribution in [2.75, 3.05) is 11.9 Å². The minimum Gasteiger partial charge on any atom is -0.494 e. The van der Waals surface area contributed by atoms with Crippen LogP contribution in [0.5, 0.6) is 5.75 Å². The number of hydrogen-bond acceptors (Lipinski definition) is 3. The van der Waals surface area contributed by atoms with Crippen molar-refractivity contribution < 1.29 is 4.74 Å². The molecule has 0 aliphatic heterocycles. The molecule has 0 fully saturated rings. The molecule has 0 aliphatic rings. The number of alkyl halides is 1. The van der Waals surface area contributed by atoms with E-state index in [2.05, 4.69) is 26.2 Å². The molecule has 0 aromatic heterocycles. The summed E-state index contributed by atoms with van der Waals surface area (Å²) in [6.45, 7) is 0.718. The fourth-order valence-electron chi connectivity index (χ4n) is 1.46. The Morgan fingerprint density at radius 2 is 1.47 bits per heavy atom. The zero-order chi connectivity index (χ0) is 13.3. The van der Waals surface area contributed by atoms with Crippen LogP contribution in [0.2, 0.25) is 0 Å². The third kappa shape index (κ3) is 4.83. The van der Waals surface area contributed by atoms with E-state index in [0.29, 0.717) is 0 Å². The summed E-state index contributed by atoms with van der Waals surface area (Å²) in [5.41, 5.74) is 1.66. The number of nitrogens with zero attached hydrogens (tertiary/aromatic N) is 2. The van der Waals surface area contributed by atoms with Gasteiger partial charge in [0.1, 0.15) is 5.75 Å². The van der Waals surface area contributed by atoms with Crippen LogP contribution >= 0.6 is 15.9 Å². The molecule has 0 saturated carbocycles. The fourth-order valence-corrected chi connectivity index (χ4v) is 1.69. The molecule has 0 aliphatic carbocycles. The second kappa shape index (κ2) is 7.69. The highest BCUT2D eigenvalue weighted by atomic mass is 79.9. The molecule has 0 heterocycles. The standard InChI is InChI=1S/C15H15BrN2O/c16-11-4-12-19-15-9-7-14(8-10-15)18-17-13-5-2-1-3-6-13/h1-3,5-10H,4,11-12H2. The SMILES string of the molecule is BrCCCOc1ccc(N=Nc2ccccc2)cc1. The van der Waals surface area contributed by atoms with E-state index in [0.717, 1.165) is 35.5 Å². The van der Waals surface area contributed by atoms with Gasteiger partial charge in [-0.1, -0.05) is 34.1 Å². The summed E-state index contributed by atoms with van der Waals surface area (Å²) in [4.78, 5) is 0. The van der Waals surface area contributed by atoms with Crippen molar-refractivity contribution in [3.05, 3.63) is 54.6 Å². The summed E-state index contributed by atoms with van der Waals surface area (Å²) in [5.74, 6) is 0.861. The lowest BCUT2D eigenvalue weighted by Gasteiger charge is -2.04. The van der Waals surface area contributed by atoms with Gasteiger partial charge in [-0.25, -0.2) is 0 Å². The van der Waals surface area contributed by atoms with Gasteiger partial charge in [0.15, 0.2) is 0 Å². The Morgan fingerprint density at radius 3 is 2.11 bits per heavy atom. The summed E-state index contributed by atoms with van der Waals surface area (Å²) < 4.78 is 5.56. The third-order valence-corrected chi connectivity index (χ3v) is 2.98. The van der Waals surface area contributed by atoms with Gasteiger partial charge in [0, 0.05) is 5.33 Å². The Morgan fingerprint density at radius 1 is 0.842 bits per heavy atom. The van der Waals surface area contributed by atoms with Gasteiger partial charge in [-0.15, -0.1) is 0 Å². The van der Waals surface area contributed by atoms with E-state index in [1.807, 2.05) is 54.6 Å². The molecule has 0 saturated heterocycles. The van der Waals surface area contributed by atoms with Gasteiger partial charge in [0.25, 0.3) is 0 Å². The molecule has 0 N–H and O–H groups in total. The largest absolute Gasteiger partial charge is 0.494 e. The van der Waals surface area contributed by atoms with Crippen molar-refractivity contribution in [2.24, 2.45) is 10.2 Å². The molecule has 4 heteroatoms. The van der Waals surface area contributed by atoms with Crippen LogP contribution in [0.4, 0.5) is 11.4 Å². The molecule has 19 heavy (non-hydrogen) atoms. The smallest absolute Gasteiger partial charge is 0.119 e. The lowest BCUT2D eigenvalue weighted by Crippen LogP contribution is -1.96. The van der Waals surface area contributed by atoms with Crippen LogP contribution in [-0.2, 0) is 0 Å². The second-order valence-electron chi connectivity index (χ2n) is 3.92. The predicted molar refractivity (Wildman–Crippen MR) is 81.0 cm³/mol. The minimum absolute atomic E-state index is 0.718. The number of rotatable bonds is 6. The highest BCUT2D eigenvalue weighted by molar-refractivity contribution is 9.09. The average molecular weight is 319 g/mol. The first-order valence-electron chi connectivity index (χ1n) is 6.14. The molecule has 0 unspecified atom stereocenters. The Kier molecular flexibility index (Phi) is 5.56. The maximum absolute atomic E-state index is 5.56. The van der Waals surface area contributed by atoms with Crippen LogP contribution in [0.3, 0.4) is 0 Å². The topological polar surface area (TPSA) is 34.0 Å².